The first-order valence-electron chi connectivity index (χ1n) is 6.31. The smallest absolute Gasteiger partial charge is 0.0400 e. The van der Waals surface area contributed by atoms with Gasteiger partial charge in [-0.05, 0) is 48.1 Å². The van der Waals surface area contributed by atoms with Crippen LogP contribution in [-0.4, -0.2) is 0 Å². The molecule has 1 heteroatoms. The van der Waals surface area contributed by atoms with E-state index in [2.05, 4.69) is 47.8 Å². The Bertz CT molecular complexity index is 502. The number of fused-ring (bicyclic) bond motifs is 1. The highest BCUT2D eigenvalue weighted by Gasteiger charge is 2.10. The second-order valence-electron chi connectivity index (χ2n) is 4.68. The maximum atomic E-state index is 3.45. The van der Waals surface area contributed by atoms with Crippen LogP contribution in [0.25, 0.3) is 0 Å². The van der Waals surface area contributed by atoms with E-state index in [1.165, 1.54) is 30.5 Å². The molecule has 0 saturated carbocycles. The van der Waals surface area contributed by atoms with Gasteiger partial charge in [-0.3, -0.25) is 0 Å². The molecule has 17 heavy (non-hydrogen) atoms. The molecule has 0 amide bonds. The molecule has 86 valence electrons. The Hall–Kier alpha value is -1.76. The molecule has 0 radical (unpaired) electrons. The van der Waals surface area contributed by atoms with Gasteiger partial charge in [0.2, 0.25) is 0 Å². The topological polar surface area (TPSA) is 12.0 Å². The summed E-state index contributed by atoms with van der Waals surface area (Å²) >= 11 is 0. The van der Waals surface area contributed by atoms with Crippen molar-refractivity contribution in [3.8, 4) is 0 Å². The van der Waals surface area contributed by atoms with Gasteiger partial charge < -0.3 is 5.32 Å². The zero-order valence-electron chi connectivity index (χ0n) is 9.95. The molecule has 0 heterocycles. The van der Waals surface area contributed by atoms with Crippen LogP contribution >= 0.6 is 0 Å². The van der Waals surface area contributed by atoms with Gasteiger partial charge in [0.25, 0.3) is 0 Å². The van der Waals surface area contributed by atoms with Crippen molar-refractivity contribution in [2.45, 2.75) is 25.8 Å². The highest BCUT2D eigenvalue weighted by Crippen LogP contribution is 2.23. The second-order valence-corrected chi connectivity index (χ2v) is 4.68. The molecule has 0 unspecified atom stereocenters. The average Bonchev–Trinajstić information content (AvgIpc) is 2.85. The van der Waals surface area contributed by atoms with Crippen molar-refractivity contribution in [1.82, 2.24) is 0 Å². The standard InChI is InChI=1S/C16H17N/c1-2-7-16(8-3-1)17-12-13-9-10-14-5-4-6-15(14)11-13/h1-3,7-11,17H,4-6,12H2. The van der Waals surface area contributed by atoms with Crippen molar-refractivity contribution in [1.29, 1.82) is 0 Å². The fraction of sp³-hybridized carbons (Fsp3) is 0.250. The molecular weight excluding hydrogens is 206 g/mol. The van der Waals surface area contributed by atoms with Crippen LogP contribution in [0.4, 0.5) is 5.69 Å². The van der Waals surface area contributed by atoms with E-state index < -0.39 is 0 Å². The fourth-order valence-corrected chi connectivity index (χ4v) is 2.50. The van der Waals surface area contributed by atoms with E-state index in [0.717, 1.165) is 6.54 Å². The van der Waals surface area contributed by atoms with Crippen molar-refractivity contribution in [3.63, 3.8) is 0 Å². The number of aryl methyl sites for hydroxylation is 2. The molecule has 0 atom stereocenters. The van der Waals surface area contributed by atoms with Crippen LogP contribution in [0.3, 0.4) is 0 Å². The van der Waals surface area contributed by atoms with Gasteiger partial charge in [-0.25, -0.2) is 0 Å². The lowest BCUT2D eigenvalue weighted by atomic mass is 10.1. The third-order valence-corrected chi connectivity index (χ3v) is 3.43. The Balaban J connectivity index is 1.70. The summed E-state index contributed by atoms with van der Waals surface area (Å²) in [6.45, 7) is 0.914. The Morgan fingerprint density at radius 1 is 0.882 bits per heavy atom. The first-order chi connectivity index (χ1) is 8.42. The first kappa shape index (κ1) is 10.4. The van der Waals surface area contributed by atoms with Crippen LogP contribution in [-0.2, 0) is 19.4 Å². The monoisotopic (exact) mass is 223 g/mol. The number of rotatable bonds is 3. The highest BCUT2D eigenvalue weighted by atomic mass is 14.9. The molecule has 1 N–H and O–H groups in total. The number of hydrogen-bond donors (Lipinski definition) is 1. The average molecular weight is 223 g/mol. The third kappa shape index (κ3) is 2.33. The van der Waals surface area contributed by atoms with E-state index in [4.69, 9.17) is 0 Å². The van der Waals surface area contributed by atoms with E-state index >= 15 is 0 Å². The van der Waals surface area contributed by atoms with Crippen LogP contribution in [0, 0.1) is 0 Å². The minimum Gasteiger partial charge on any atom is -0.381 e. The molecule has 0 aliphatic heterocycles. The number of hydrogen-bond acceptors (Lipinski definition) is 1. The van der Waals surface area contributed by atoms with Gasteiger partial charge in [0.05, 0.1) is 0 Å². The van der Waals surface area contributed by atoms with Gasteiger partial charge in [-0.15, -0.1) is 0 Å². The van der Waals surface area contributed by atoms with Gasteiger partial charge in [0, 0.05) is 12.2 Å². The normalized spacial score (nSPS) is 13.4. The largest absolute Gasteiger partial charge is 0.381 e. The Labute approximate surface area is 102 Å². The number of nitrogens with one attached hydrogen (secondary N) is 1. The number of anilines is 1. The maximum absolute atomic E-state index is 3.45. The van der Waals surface area contributed by atoms with E-state index in [-0.39, 0.29) is 0 Å². The summed E-state index contributed by atoms with van der Waals surface area (Å²) in [4.78, 5) is 0. The van der Waals surface area contributed by atoms with E-state index in [0.29, 0.717) is 0 Å². The summed E-state index contributed by atoms with van der Waals surface area (Å²) < 4.78 is 0. The Morgan fingerprint density at radius 3 is 2.59 bits per heavy atom. The summed E-state index contributed by atoms with van der Waals surface area (Å²) in [7, 11) is 0. The fourth-order valence-electron chi connectivity index (χ4n) is 2.50. The molecule has 1 nitrogen and oxygen atoms in total. The third-order valence-electron chi connectivity index (χ3n) is 3.43. The zero-order chi connectivity index (χ0) is 11.5. The van der Waals surface area contributed by atoms with Crippen LogP contribution in [0.1, 0.15) is 23.1 Å². The molecule has 0 saturated heterocycles. The molecule has 1 aliphatic rings. The van der Waals surface area contributed by atoms with Crippen molar-refractivity contribution >= 4 is 5.69 Å². The minimum absolute atomic E-state index is 0.914. The predicted molar refractivity (Wildman–Crippen MR) is 72.2 cm³/mol. The number of benzene rings is 2. The summed E-state index contributed by atoms with van der Waals surface area (Å²) in [5.74, 6) is 0. The molecule has 2 aromatic carbocycles. The predicted octanol–water partition coefficient (Wildman–Crippen LogP) is 3.79. The molecular formula is C16H17N. The van der Waals surface area contributed by atoms with Crippen molar-refractivity contribution in [3.05, 3.63) is 65.2 Å². The SMILES string of the molecule is c1ccc(NCc2ccc3c(c2)CCC3)cc1. The molecule has 3 rings (SSSR count). The minimum atomic E-state index is 0.914. The molecule has 1 aliphatic carbocycles. The second kappa shape index (κ2) is 4.62. The lowest BCUT2D eigenvalue weighted by Gasteiger charge is -2.08. The summed E-state index contributed by atoms with van der Waals surface area (Å²) in [5, 5.41) is 3.45. The van der Waals surface area contributed by atoms with Crippen molar-refractivity contribution < 1.29 is 0 Å². The molecule has 0 bridgehead atoms. The Kier molecular flexibility index (Phi) is 2.83. The van der Waals surface area contributed by atoms with E-state index in [1.807, 2.05) is 6.07 Å². The van der Waals surface area contributed by atoms with Crippen molar-refractivity contribution in [2.75, 3.05) is 5.32 Å². The molecule has 2 aromatic rings. The summed E-state index contributed by atoms with van der Waals surface area (Å²) in [5.41, 5.74) is 5.67. The number of para-hydroxylation sites is 1. The first-order valence-corrected chi connectivity index (χ1v) is 6.31. The van der Waals surface area contributed by atoms with Crippen LogP contribution in [0.15, 0.2) is 48.5 Å². The Morgan fingerprint density at radius 2 is 1.71 bits per heavy atom. The molecule has 0 spiro atoms. The van der Waals surface area contributed by atoms with Gasteiger partial charge in [-0.1, -0.05) is 36.4 Å². The van der Waals surface area contributed by atoms with E-state index in [9.17, 15) is 0 Å². The quantitative estimate of drug-likeness (QED) is 0.834. The van der Waals surface area contributed by atoms with Crippen LogP contribution in [0.5, 0.6) is 0 Å². The van der Waals surface area contributed by atoms with Gasteiger partial charge in [0.1, 0.15) is 0 Å². The van der Waals surface area contributed by atoms with Crippen molar-refractivity contribution in [2.24, 2.45) is 0 Å². The lowest BCUT2D eigenvalue weighted by Crippen LogP contribution is -1.99. The maximum Gasteiger partial charge on any atom is 0.0400 e. The zero-order valence-corrected chi connectivity index (χ0v) is 9.95. The van der Waals surface area contributed by atoms with Gasteiger partial charge >= 0.3 is 0 Å². The summed E-state index contributed by atoms with van der Waals surface area (Å²) in [6.07, 6.45) is 3.85. The van der Waals surface area contributed by atoms with Gasteiger partial charge in [0.15, 0.2) is 0 Å². The van der Waals surface area contributed by atoms with E-state index in [1.54, 1.807) is 11.1 Å². The highest BCUT2D eigenvalue weighted by molar-refractivity contribution is 5.44. The molecule has 0 fully saturated rings. The van der Waals surface area contributed by atoms with Gasteiger partial charge in [-0.2, -0.15) is 0 Å². The van der Waals surface area contributed by atoms with Crippen LogP contribution in [0.2, 0.25) is 0 Å². The molecule has 0 aromatic heterocycles. The van der Waals surface area contributed by atoms with Crippen LogP contribution < -0.4 is 5.32 Å². The summed E-state index contributed by atoms with van der Waals surface area (Å²) in [6, 6.07) is 17.3. The lowest BCUT2D eigenvalue weighted by molar-refractivity contribution is 0.911.